The van der Waals surface area contributed by atoms with Crippen molar-refractivity contribution in [1.82, 2.24) is 4.98 Å². The second-order valence-corrected chi connectivity index (χ2v) is 7.65. The second kappa shape index (κ2) is 8.77. The van der Waals surface area contributed by atoms with Crippen LogP contribution >= 0.6 is 27.3 Å². The van der Waals surface area contributed by atoms with E-state index in [4.69, 9.17) is 9.47 Å². The summed E-state index contributed by atoms with van der Waals surface area (Å²) in [6.45, 7) is 2.38. The number of benzene rings is 2. The molecule has 1 atom stereocenters. The summed E-state index contributed by atoms with van der Waals surface area (Å²) in [7, 11) is 1.58. The first-order chi connectivity index (χ1) is 13.0. The number of anilines is 1. The Bertz CT molecular complexity index is 917. The average molecular weight is 453 g/mol. The Hall–Kier alpha value is -2.03. The van der Waals surface area contributed by atoms with Crippen LogP contribution in [0.1, 0.15) is 6.92 Å². The van der Waals surface area contributed by atoms with E-state index in [1.807, 2.05) is 24.3 Å². The molecule has 5 nitrogen and oxygen atoms in total. The number of carbonyl (C=O) groups is 1. The number of halogens is 2. The van der Waals surface area contributed by atoms with Crippen LogP contribution in [0.25, 0.3) is 10.2 Å². The smallest absolute Gasteiger partial charge is 0.269 e. The van der Waals surface area contributed by atoms with Gasteiger partial charge in [0, 0.05) is 7.11 Å². The molecule has 0 fully saturated rings. The molecule has 0 saturated carbocycles. The van der Waals surface area contributed by atoms with Crippen LogP contribution in [-0.4, -0.2) is 37.3 Å². The van der Waals surface area contributed by atoms with Crippen LogP contribution in [0.4, 0.5) is 9.52 Å². The van der Waals surface area contributed by atoms with Gasteiger partial charge in [0.25, 0.3) is 5.91 Å². The van der Waals surface area contributed by atoms with E-state index in [0.717, 1.165) is 10.2 Å². The number of rotatable bonds is 7. The molecule has 3 aromatic rings. The first-order valence-electron chi connectivity index (χ1n) is 8.27. The molecule has 0 aliphatic rings. The number of thiazole rings is 1. The summed E-state index contributed by atoms with van der Waals surface area (Å²) in [4.78, 5) is 19.2. The molecule has 0 saturated heterocycles. The molecule has 3 rings (SSSR count). The first kappa shape index (κ1) is 19.7. The van der Waals surface area contributed by atoms with Crippen molar-refractivity contribution in [3.05, 3.63) is 52.8 Å². The molecule has 0 N–H and O–H groups in total. The number of carbonyl (C=O) groups excluding carboxylic acids is 1. The fraction of sp³-hybridized carbons (Fsp3) is 0.263. The van der Waals surface area contributed by atoms with Crippen molar-refractivity contribution in [3.63, 3.8) is 0 Å². The molecule has 142 valence electrons. The number of methoxy groups -OCH3 is 1. The lowest BCUT2D eigenvalue weighted by atomic mass is 10.3. The van der Waals surface area contributed by atoms with Gasteiger partial charge in [0.05, 0.1) is 27.8 Å². The summed E-state index contributed by atoms with van der Waals surface area (Å²) in [6.07, 6.45) is -0.782. The summed E-state index contributed by atoms with van der Waals surface area (Å²) >= 11 is 4.69. The van der Waals surface area contributed by atoms with Gasteiger partial charge >= 0.3 is 0 Å². The summed E-state index contributed by atoms with van der Waals surface area (Å²) in [6, 6.07) is 11.8. The summed E-state index contributed by atoms with van der Waals surface area (Å²) < 4.78 is 25.6. The molecular formula is C19H18BrFN2O3S. The Labute approximate surface area is 168 Å². The van der Waals surface area contributed by atoms with Crippen molar-refractivity contribution in [2.45, 2.75) is 13.0 Å². The van der Waals surface area contributed by atoms with Gasteiger partial charge in [0.1, 0.15) is 11.6 Å². The van der Waals surface area contributed by atoms with E-state index in [2.05, 4.69) is 20.9 Å². The number of ether oxygens (including phenoxy) is 2. The molecule has 2 aromatic carbocycles. The van der Waals surface area contributed by atoms with E-state index in [9.17, 15) is 9.18 Å². The highest BCUT2D eigenvalue weighted by atomic mass is 79.9. The highest BCUT2D eigenvalue weighted by Crippen LogP contribution is 2.30. The van der Waals surface area contributed by atoms with Gasteiger partial charge in [0.15, 0.2) is 11.2 Å². The van der Waals surface area contributed by atoms with E-state index in [-0.39, 0.29) is 11.7 Å². The maximum absolute atomic E-state index is 13.3. The molecule has 0 aliphatic carbocycles. The Morgan fingerprint density at radius 2 is 2.11 bits per heavy atom. The van der Waals surface area contributed by atoms with Crippen LogP contribution in [-0.2, 0) is 9.53 Å². The Balaban J connectivity index is 1.83. The van der Waals surface area contributed by atoms with Crippen molar-refractivity contribution >= 4 is 48.5 Å². The van der Waals surface area contributed by atoms with E-state index in [1.165, 1.54) is 29.5 Å². The molecule has 0 spiro atoms. The van der Waals surface area contributed by atoms with Crippen LogP contribution in [0.3, 0.4) is 0 Å². The zero-order valence-electron chi connectivity index (χ0n) is 14.8. The Morgan fingerprint density at radius 1 is 1.33 bits per heavy atom. The Kier molecular flexibility index (Phi) is 6.41. The number of hydrogen-bond donors (Lipinski definition) is 0. The van der Waals surface area contributed by atoms with Gasteiger partial charge in [-0.25, -0.2) is 9.37 Å². The summed E-state index contributed by atoms with van der Waals surface area (Å²) in [5.41, 5.74) is 0.836. The Morgan fingerprint density at radius 3 is 2.81 bits per heavy atom. The van der Waals surface area contributed by atoms with Crippen molar-refractivity contribution in [2.24, 2.45) is 0 Å². The van der Waals surface area contributed by atoms with Gasteiger partial charge in [-0.15, -0.1) is 0 Å². The number of para-hydroxylation sites is 1. The van der Waals surface area contributed by atoms with Gasteiger partial charge in [-0.05, 0) is 53.2 Å². The molecule has 1 unspecified atom stereocenters. The zero-order valence-corrected chi connectivity index (χ0v) is 17.2. The van der Waals surface area contributed by atoms with Crippen LogP contribution in [0, 0.1) is 5.82 Å². The van der Waals surface area contributed by atoms with E-state index in [0.29, 0.717) is 28.5 Å². The summed E-state index contributed by atoms with van der Waals surface area (Å²) in [5, 5.41) is 0.590. The lowest BCUT2D eigenvalue weighted by molar-refractivity contribution is -0.124. The van der Waals surface area contributed by atoms with Crippen molar-refractivity contribution < 1.29 is 18.7 Å². The summed E-state index contributed by atoms with van der Waals surface area (Å²) in [5.74, 6) is -0.236. The van der Waals surface area contributed by atoms with Crippen LogP contribution < -0.4 is 9.64 Å². The van der Waals surface area contributed by atoms with E-state index < -0.39 is 6.10 Å². The van der Waals surface area contributed by atoms with Gasteiger partial charge in [-0.1, -0.05) is 23.5 Å². The number of fused-ring (bicyclic) bond motifs is 1. The minimum absolute atomic E-state index is 0.248. The number of hydrogen-bond acceptors (Lipinski definition) is 5. The monoisotopic (exact) mass is 452 g/mol. The topological polar surface area (TPSA) is 51.7 Å². The second-order valence-electron chi connectivity index (χ2n) is 5.78. The van der Waals surface area contributed by atoms with Crippen molar-refractivity contribution in [2.75, 3.05) is 25.2 Å². The standard InChI is InChI=1S/C19H18BrFN2O3S/c1-12(26-16-8-7-13(21)11-14(16)20)18(24)23(9-10-25-2)19-22-15-5-3-4-6-17(15)27-19/h3-8,11-12H,9-10H2,1-2H3. The van der Waals surface area contributed by atoms with Crippen LogP contribution in [0.15, 0.2) is 46.9 Å². The lowest BCUT2D eigenvalue weighted by Crippen LogP contribution is -2.42. The average Bonchev–Trinajstić information content (AvgIpc) is 3.07. The first-order valence-corrected chi connectivity index (χ1v) is 9.88. The molecule has 1 heterocycles. The third-order valence-corrected chi connectivity index (χ3v) is 5.52. The van der Waals surface area contributed by atoms with Gasteiger partial charge in [0.2, 0.25) is 0 Å². The third kappa shape index (κ3) is 4.63. The number of amides is 1. The third-order valence-electron chi connectivity index (χ3n) is 3.84. The lowest BCUT2D eigenvalue weighted by Gasteiger charge is -2.24. The quantitative estimate of drug-likeness (QED) is 0.523. The molecule has 0 radical (unpaired) electrons. The largest absolute Gasteiger partial charge is 0.480 e. The molecular weight excluding hydrogens is 435 g/mol. The van der Waals surface area contributed by atoms with E-state index >= 15 is 0 Å². The molecule has 1 amide bonds. The van der Waals surface area contributed by atoms with E-state index in [1.54, 1.807) is 18.9 Å². The molecule has 27 heavy (non-hydrogen) atoms. The minimum Gasteiger partial charge on any atom is -0.480 e. The molecule has 1 aromatic heterocycles. The molecule has 0 bridgehead atoms. The number of aromatic nitrogens is 1. The highest BCUT2D eigenvalue weighted by molar-refractivity contribution is 9.10. The van der Waals surface area contributed by atoms with Crippen molar-refractivity contribution in [3.8, 4) is 5.75 Å². The van der Waals surface area contributed by atoms with Gasteiger partial charge in [-0.2, -0.15) is 0 Å². The minimum atomic E-state index is -0.782. The van der Waals surface area contributed by atoms with Crippen LogP contribution in [0.2, 0.25) is 0 Å². The van der Waals surface area contributed by atoms with Gasteiger partial charge < -0.3 is 9.47 Å². The number of nitrogens with zero attached hydrogens (tertiary/aromatic N) is 2. The van der Waals surface area contributed by atoms with Crippen molar-refractivity contribution in [1.29, 1.82) is 0 Å². The zero-order chi connectivity index (χ0) is 19.4. The fourth-order valence-corrected chi connectivity index (χ4v) is 3.93. The molecule has 8 heteroatoms. The maximum atomic E-state index is 13.3. The SMILES string of the molecule is COCCN(C(=O)C(C)Oc1ccc(F)cc1Br)c1nc2ccccc2s1. The maximum Gasteiger partial charge on any atom is 0.269 e. The fourth-order valence-electron chi connectivity index (χ4n) is 2.49. The highest BCUT2D eigenvalue weighted by Gasteiger charge is 2.26. The van der Waals surface area contributed by atoms with Gasteiger partial charge in [-0.3, -0.25) is 9.69 Å². The predicted octanol–water partition coefficient (Wildman–Crippen LogP) is 4.64. The molecule has 0 aliphatic heterocycles. The van der Waals surface area contributed by atoms with Crippen LogP contribution in [0.5, 0.6) is 5.75 Å². The normalized spacial score (nSPS) is 12.1. The predicted molar refractivity (Wildman–Crippen MR) is 108 cm³/mol.